The van der Waals surface area contributed by atoms with Crippen molar-refractivity contribution < 1.29 is 13.2 Å². The lowest BCUT2D eigenvalue weighted by molar-refractivity contribution is 0.116. The summed E-state index contributed by atoms with van der Waals surface area (Å²) in [5, 5.41) is 0. The molecule has 0 amide bonds. The molecule has 2 rings (SSSR count). The summed E-state index contributed by atoms with van der Waals surface area (Å²) < 4.78 is 33.9. The normalized spacial score (nSPS) is 26.0. The summed E-state index contributed by atoms with van der Waals surface area (Å²) in [5.41, 5.74) is 0. The maximum atomic E-state index is 12.8. The highest BCUT2D eigenvalue weighted by molar-refractivity contribution is 7.86. The standard InChI is InChI=1S/C16H33N3O3S/c1-15-6-9-18(10-7-15)12-11-17(2)23(20,21)19-8-4-5-16(13-19)14-22-3/h15-16H,4-14H2,1-3H3. The highest BCUT2D eigenvalue weighted by Crippen LogP contribution is 2.21. The maximum Gasteiger partial charge on any atom is 0.281 e. The Morgan fingerprint density at radius 3 is 2.52 bits per heavy atom. The van der Waals surface area contributed by atoms with Crippen LogP contribution in [0.25, 0.3) is 0 Å². The van der Waals surface area contributed by atoms with E-state index >= 15 is 0 Å². The zero-order chi connectivity index (χ0) is 16.9. The topological polar surface area (TPSA) is 53.1 Å². The van der Waals surface area contributed by atoms with E-state index in [1.54, 1.807) is 18.5 Å². The summed E-state index contributed by atoms with van der Waals surface area (Å²) in [6.07, 6.45) is 4.42. The van der Waals surface area contributed by atoms with Gasteiger partial charge in [-0.2, -0.15) is 17.0 Å². The molecule has 7 heteroatoms. The van der Waals surface area contributed by atoms with Crippen molar-refractivity contribution in [1.82, 2.24) is 13.5 Å². The van der Waals surface area contributed by atoms with Gasteiger partial charge in [0.15, 0.2) is 0 Å². The molecule has 0 aromatic carbocycles. The van der Waals surface area contributed by atoms with Gasteiger partial charge in [0.1, 0.15) is 0 Å². The van der Waals surface area contributed by atoms with E-state index in [-0.39, 0.29) is 0 Å². The first-order valence-corrected chi connectivity index (χ1v) is 10.3. The minimum Gasteiger partial charge on any atom is -0.384 e. The van der Waals surface area contributed by atoms with Crippen LogP contribution in [0.4, 0.5) is 0 Å². The largest absolute Gasteiger partial charge is 0.384 e. The van der Waals surface area contributed by atoms with Crippen molar-refractivity contribution in [2.24, 2.45) is 11.8 Å². The molecule has 0 N–H and O–H groups in total. The Labute approximate surface area is 141 Å². The molecule has 0 spiro atoms. The van der Waals surface area contributed by atoms with Gasteiger partial charge in [-0.3, -0.25) is 0 Å². The third-order valence-corrected chi connectivity index (χ3v) is 7.17. The van der Waals surface area contributed by atoms with E-state index in [1.807, 2.05) is 0 Å². The predicted molar refractivity (Wildman–Crippen MR) is 92.6 cm³/mol. The first-order chi connectivity index (χ1) is 10.9. The zero-order valence-electron chi connectivity index (χ0n) is 14.9. The van der Waals surface area contributed by atoms with Crippen LogP contribution in [-0.4, -0.2) is 82.0 Å². The van der Waals surface area contributed by atoms with Gasteiger partial charge in [-0.05, 0) is 50.6 Å². The molecule has 0 aliphatic carbocycles. The highest BCUT2D eigenvalue weighted by Gasteiger charge is 2.32. The van der Waals surface area contributed by atoms with E-state index in [0.717, 1.165) is 38.4 Å². The Morgan fingerprint density at radius 2 is 1.87 bits per heavy atom. The van der Waals surface area contributed by atoms with Crippen molar-refractivity contribution in [2.75, 3.05) is 60.0 Å². The van der Waals surface area contributed by atoms with E-state index < -0.39 is 10.2 Å². The molecule has 0 bridgehead atoms. The number of hydrogen-bond acceptors (Lipinski definition) is 4. The third-order valence-electron chi connectivity index (χ3n) is 5.21. The fraction of sp³-hybridized carbons (Fsp3) is 1.00. The molecule has 1 unspecified atom stereocenters. The monoisotopic (exact) mass is 347 g/mol. The fourth-order valence-electron chi connectivity index (χ4n) is 3.49. The molecule has 6 nitrogen and oxygen atoms in total. The Bertz CT molecular complexity index is 447. The van der Waals surface area contributed by atoms with Gasteiger partial charge in [-0.15, -0.1) is 0 Å². The SMILES string of the molecule is COCC1CCCN(S(=O)(=O)N(C)CCN2CCC(C)CC2)C1. The van der Waals surface area contributed by atoms with Crippen molar-refractivity contribution in [1.29, 1.82) is 0 Å². The molecule has 0 radical (unpaired) electrons. The van der Waals surface area contributed by atoms with Gasteiger partial charge >= 0.3 is 0 Å². The van der Waals surface area contributed by atoms with Gasteiger partial charge in [0, 0.05) is 40.3 Å². The van der Waals surface area contributed by atoms with Crippen molar-refractivity contribution in [3.05, 3.63) is 0 Å². The van der Waals surface area contributed by atoms with Crippen LogP contribution >= 0.6 is 0 Å². The summed E-state index contributed by atoms with van der Waals surface area (Å²) in [5.74, 6) is 1.12. The van der Waals surface area contributed by atoms with Crippen molar-refractivity contribution in [2.45, 2.75) is 32.6 Å². The molecule has 23 heavy (non-hydrogen) atoms. The van der Waals surface area contributed by atoms with Crippen LogP contribution in [0.15, 0.2) is 0 Å². The van der Waals surface area contributed by atoms with Gasteiger partial charge in [0.25, 0.3) is 10.2 Å². The summed E-state index contributed by atoms with van der Waals surface area (Å²) in [7, 11) is 0.0494. The first kappa shape index (κ1) is 19.1. The van der Waals surface area contributed by atoms with Crippen LogP contribution in [0, 0.1) is 11.8 Å². The van der Waals surface area contributed by atoms with Crippen LogP contribution in [0.5, 0.6) is 0 Å². The Hall–Kier alpha value is -0.210. The summed E-state index contributed by atoms with van der Waals surface area (Å²) >= 11 is 0. The quantitative estimate of drug-likeness (QED) is 0.696. The van der Waals surface area contributed by atoms with E-state index in [1.165, 1.54) is 17.1 Å². The molecule has 0 aromatic heterocycles. The molecule has 0 saturated carbocycles. The van der Waals surface area contributed by atoms with E-state index in [4.69, 9.17) is 4.74 Å². The molecule has 0 aromatic rings. The number of ether oxygens (including phenoxy) is 1. The number of likely N-dealkylation sites (N-methyl/N-ethyl adjacent to an activating group) is 1. The molecule has 136 valence electrons. The number of methoxy groups -OCH3 is 1. The number of piperidine rings is 2. The van der Waals surface area contributed by atoms with E-state index in [2.05, 4.69) is 11.8 Å². The first-order valence-electron chi connectivity index (χ1n) is 8.86. The minimum atomic E-state index is -3.34. The fourth-order valence-corrected chi connectivity index (χ4v) is 4.95. The van der Waals surface area contributed by atoms with Crippen molar-refractivity contribution >= 4 is 10.2 Å². The minimum absolute atomic E-state index is 0.320. The predicted octanol–water partition coefficient (Wildman–Crippen LogP) is 1.25. The molecular weight excluding hydrogens is 314 g/mol. The van der Waals surface area contributed by atoms with Gasteiger partial charge in [0.2, 0.25) is 0 Å². The molecule has 2 saturated heterocycles. The Balaban J connectivity index is 1.83. The van der Waals surface area contributed by atoms with Gasteiger partial charge < -0.3 is 9.64 Å². The smallest absolute Gasteiger partial charge is 0.281 e. The van der Waals surface area contributed by atoms with Gasteiger partial charge in [0.05, 0.1) is 6.61 Å². The lowest BCUT2D eigenvalue weighted by atomic mass is 9.99. The highest BCUT2D eigenvalue weighted by atomic mass is 32.2. The number of likely N-dealkylation sites (tertiary alicyclic amines) is 1. The summed E-state index contributed by atoms with van der Waals surface area (Å²) in [6.45, 7) is 7.74. The zero-order valence-corrected chi connectivity index (χ0v) is 15.7. The van der Waals surface area contributed by atoms with E-state index in [0.29, 0.717) is 32.2 Å². The van der Waals surface area contributed by atoms with Crippen LogP contribution in [0.2, 0.25) is 0 Å². The van der Waals surface area contributed by atoms with Gasteiger partial charge in [-0.1, -0.05) is 6.92 Å². The van der Waals surface area contributed by atoms with E-state index in [9.17, 15) is 8.42 Å². The lowest BCUT2D eigenvalue weighted by Crippen LogP contribution is -2.49. The number of rotatable bonds is 7. The number of hydrogen-bond donors (Lipinski definition) is 0. The van der Waals surface area contributed by atoms with Crippen molar-refractivity contribution in [3.8, 4) is 0 Å². The average Bonchev–Trinajstić information content (AvgIpc) is 2.54. The molecule has 1 atom stereocenters. The van der Waals surface area contributed by atoms with Crippen molar-refractivity contribution in [3.63, 3.8) is 0 Å². The second-order valence-corrected chi connectivity index (χ2v) is 9.21. The van der Waals surface area contributed by atoms with Crippen LogP contribution < -0.4 is 0 Å². The second kappa shape index (κ2) is 8.76. The second-order valence-electron chi connectivity index (χ2n) is 7.18. The molecule has 2 aliphatic heterocycles. The Morgan fingerprint density at radius 1 is 1.17 bits per heavy atom. The average molecular weight is 348 g/mol. The molecular formula is C16H33N3O3S. The Kier molecular flexibility index (Phi) is 7.28. The molecule has 2 aliphatic rings. The molecule has 2 heterocycles. The van der Waals surface area contributed by atoms with Gasteiger partial charge in [-0.25, -0.2) is 0 Å². The maximum absolute atomic E-state index is 12.8. The summed E-state index contributed by atoms with van der Waals surface area (Å²) in [4.78, 5) is 2.38. The lowest BCUT2D eigenvalue weighted by Gasteiger charge is -2.35. The number of nitrogens with zero attached hydrogens (tertiary/aromatic N) is 3. The molecule has 2 fully saturated rings. The van der Waals surface area contributed by atoms with Crippen LogP contribution in [0.3, 0.4) is 0 Å². The van der Waals surface area contributed by atoms with Crippen LogP contribution in [0.1, 0.15) is 32.6 Å². The summed E-state index contributed by atoms with van der Waals surface area (Å²) in [6, 6.07) is 0. The van der Waals surface area contributed by atoms with Crippen LogP contribution in [-0.2, 0) is 14.9 Å². The third kappa shape index (κ3) is 5.39.